The SMILES string of the molecule is CC/C=C\C/C=C\C/C=C\CCCCCCCC(=O)OC(COCCCCCCCCCCCCC/C=C\C/C=C\C/C=C\CCCCCCC)COP(=O)([O-])OCC[N+](C)(C)C. The molecule has 0 rings (SSSR count). The molecule has 0 N–H and O–H groups in total. The molecule has 366 valence electrons. The second-order valence-electron chi connectivity index (χ2n) is 18.1. The van der Waals surface area contributed by atoms with Crippen molar-refractivity contribution in [1.82, 2.24) is 0 Å². The Kier molecular flexibility index (Phi) is 44.9. The van der Waals surface area contributed by atoms with E-state index in [1.54, 1.807) is 0 Å². The van der Waals surface area contributed by atoms with Crippen molar-refractivity contribution in [1.29, 1.82) is 0 Å². The van der Waals surface area contributed by atoms with Gasteiger partial charge in [0.25, 0.3) is 7.82 Å². The highest BCUT2D eigenvalue weighted by atomic mass is 31.2. The van der Waals surface area contributed by atoms with E-state index >= 15 is 0 Å². The molecule has 0 aliphatic rings. The fourth-order valence-corrected chi connectivity index (χ4v) is 7.53. The van der Waals surface area contributed by atoms with Crippen molar-refractivity contribution < 1.29 is 37.3 Å². The summed E-state index contributed by atoms with van der Waals surface area (Å²) in [6, 6.07) is 0. The number of carbonyl (C=O) groups excluding carboxylic acids is 1. The molecule has 0 aromatic rings. The Morgan fingerprint density at radius 1 is 0.508 bits per heavy atom. The van der Waals surface area contributed by atoms with Crippen molar-refractivity contribution in [2.75, 3.05) is 54.1 Å². The standard InChI is InChI=1S/C54H98NO7P/c1-6-8-10-12-14-16-18-20-22-23-24-25-26-27-28-29-30-31-32-34-36-38-40-42-44-46-49-59-51-53(52-61-63(57,58)60-50-48-55(3,4)5)62-54(56)47-45-43-41-39-37-35-33-21-19-17-15-13-11-9-7-2/h9,11,15,17-18,20-21,23-24,26-27,33,53H,6-8,10,12-14,16,19,22,25,28-32,34-52H2,1-5H3/b11-9-,17-15-,20-18-,24-23-,27-26-,33-21-. The summed E-state index contributed by atoms with van der Waals surface area (Å²) in [6.45, 7) is 5.26. The lowest BCUT2D eigenvalue weighted by Crippen LogP contribution is -2.37. The summed E-state index contributed by atoms with van der Waals surface area (Å²) >= 11 is 0. The Bertz CT molecular complexity index is 1230. The first-order valence-electron chi connectivity index (χ1n) is 25.7. The molecule has 0 heterocycles. The fraction of sp³-hybridized carbons (Fsp3) is 0.759. The van der Waals surface area contributed by atoms with Crippen LogP contribution < -0.4 is 4.89 Å². The molecule has 63 heavy (non-hydrogen) atoms. The second kappa shape index (κ2) is 46.5. The van der Waals surface area contributed by atoms with Gasteiger partial charge in [-0.1, -0.05) is 189 Å². The van der Waals surface area contributed by atoms with E-state index in [-0.39, 0.29) is 25.8 Å². The molecule has 0 aromatic carbocycles. The van der Waals surface area contributed by atoms with Crippen LogP contribution in [0.3, 0.4) is 0 Å². The zero-order chi connectivity index (χ0) is 46.2. The van der Waals surface area contributed by atoms with E-state index in [1.807, 2.05) is 21.1 Å². The molecular formula is C54H98NO7P. The molecule has 0 amide bonds. The molecule has 9 heteroatoms. The lowest BCUT2D eigenvalue weighted by atomic mass is 10.1. The van der Waals surface area contributed by atoms with Crippen LogP contribution in [-0.2, 0) is 27.9 Å². The number of rotatable bonds is 47. The number of esters is 1. The first-order chi connectivity index (χ1) is 30.6. The number of phosphoric acid groups is 1. The largest absolute Gasteiger partial charge is 0.756 e. The maximum absolute atomic E-state index is 12.7. The van der Waals surface area contributed by atoms with Crippen molar-refractivity contribution in [2.24, 2.45) is 0 Å². The number of phosphoric ester groups is 1. The van der Waals surface area contributed by atoms with Crippen LogP contribution in [0.1, 0.15) is 206 Å². The molecular weight excluding hydrogens is 806 g/mol. The van der Waals surface area contributed by atoms with Crippen LogP contribution in [0.2, 0.25) is 0 Å². The van der Waals surface area contributed by atoms with Gasteiger partial charge in [-0.05, 0) is 83.5 Å². The van der Waals surface area contributed by atoms with Gasteiger partial charge >= 0.3 is 5.97 Å². The number of likely N-dealkylation sites (N-methyl/N-ethyl adjacent to an activating group) is 1. The monoisotopic (exact) mass is 904 g/mol. The normalized spacial score (nSPS) is 14.2. The number of quaternary nitrogens is 1. The molecule has 0 fully saturated rings. The Labute approximate surface area is 389 Å². The number of ether oxygens (including phenoxy) is 2. The van der Waals surface area contributed by atoms with Gasteiger partial charge in [0.05, 0.1) is 34.4 Å². The highest BCUT2D eigenvalue weighted by molar-refractivity contribution is 7.45. The first-order valence-corrected chi connectivity index (χ1v) is 27.1. The van der Waals surface area contributed by atoms with Crippen LogP contribution in [0.4, 0.5) is 0 Å². The third-order valence-corrected chi connectivity index (χ3v) is 11.7. The van der Waals surface area contributed by atoms with Gasteiger partial charge in [-0.25, -0.2) is 0 Å². The summed E-state index contributed by atoms with van der Waals surface area (Å²) < 4.78 is 34.7. The van der Waals surface area contributed by atoms with E-state index in [1.165, 1.54) is 103 Å². The Morgan fingerprint density at radius 3 is 1.38 bits per heavy atom. The molecule has 0 saturated heterocycles. The summed E-state index contributed by atoms with van der Waals surface area (Å²) in [7, 11) is 1.33. The van der Waals surface area contributed by atoms with Crippen LogP contribution in [0.25, 0.3) is 0 Å². The molecule has 0 aliphatic carbocycles. The highest BCUT2D eigenvalue weighted by Gasteiger charge is 2.20. The quantitative estimate of drug-likeness (QED) is 0.0197. The predicted octanol–water partition coefficient (Wildman–Crippen LogP) is 15.2. The molecule has 2 atom stereocenters. The minimum atomic E-state index is -4.54. The number of allylic oxidation sites excluding steroid dienone is 12. The van der Waals surface area contributed by atoms with E-state index in [9.17, 15) is 14.3 Å². The van der Waals surface area contributed by atoms with Gasteiger partial charge in [-0.15, -0.1) is 0 Å². The van der Waals surface area contributed by atoms with Crippen LogP contribution in [0.15, 0.2) is 72.9 Å². The van der Waals surface area contributed by atoms with Crippen molar-refractivity contribution in [3.63, 3.8) is 0 Å². The first kappa shape index (κ1) is 60.9. The van der Waals surface area contributed by atoms with Crippen LogP contribution in [0.5, 0.6) is 0 Å². The maximum Gasteiger partial charge on any atom is 0.306 e. The third-order valence-electron chi connectivity index (χ3n) is 10.7. The van der Waals surface area contributed by atoms with Crippen LogP contribution in [0, 0.1) is 0 Å². The van der Waals surface area contributed by atoms with Crippen LogP contribution in [-0.4, -0.2) is 70.7 Å². The average molecular weight is 904 g/mol. The summed E-state index contributed by atoms with van der Waals surface area (Å²) in [5.41, 5.74) is 0. The highest BCUT2D eigenvalue weighted by Crippen LogP contribution is 2.38. The van der Waals surface area contributed by atoms with Crippen LogP contribution >= 0.6 is 7.82 Å². The minimum absolute atomic E-state index is 0.0187. The van der Waals surface area contributed by atoms with Gasteiger partial charge in [0.2, 0.25) is 0 Å². The molecule has 0 aromatic heterocycles. The smallest absolute Gasteiger partial charge is 0.306 e. The molecule has 2 unspecified atom stereocenters. The lowest BCUT2D eigenvalue weighted by molar-refractivity contribution is -0.870. The van der Waals surface area contributed by atoms with Gasteiger partial charge in [0, 0.05) is 13.0 Å². The lowest BCUT2D eigenvalue weighted by Gasteiger charge is -2.28. The zero-order valence-electron chi connectivity index (χ0n) is 41.5. The molecule has 0 radical (unpaired) electrons. The van der Waals surface area contributed by atoms with E-state index < -0.39 is 13.9 Å². The topological polar surface area (TPSA) is 94.1 Å². The van der Waals surface area contributed by atoms with Crippen molar-refractivity contribution >= 4 is 13.8 Å². The Morgan fingerprint density at radius 2 is 0.921 bits per heavy atom. The minimum Gasteiger partial charge on any atom is -0.756 e. The summed E-state index contributed by atoms with van der Waals surface area (Å²) in [4.78, 5) is 25.1. The van der Waals surface area contributed by atoms with E-state index in [4.69, 9.17) is 18.5 Å². The predicted molar refractivity (Wildman–Crippen MR) is 268 cm³/mol. The van der Waals surface area contributed by atoms with E-state index in [2.05, 4.69) is 86.8 Å². The van der Waals surface area contributed by atoms with Crippen molar-refractivity contribution in [3.8, 4) is 0 Å². The van der Waals surface area contributed by atoms with Crippen molar-refractivity contribution in [2.45, 2.75) is 213 Å². The molecule has 8 nitrogen and oxygen atoms in total. The van der Waals surface area contributed by atoms with Gasteiger partial charge < -0.3 is 27.9 Å². The number of hydrogen-bond donors (Lipinski definition) is 0. The summed E-state index contributed by atoms with van der Waals surface area (Å²) in [5.74, 6) is -0.353. The maximum atomic E-state index is 12.7. The van der Waals surface area contributed by atoms with Gasteiger partial charge in [0.1, 0.15) is 19.3 Å². The number of hydrogen-bond acceptors (Lipinski definition) is 7. The summed E-state index contributed by atoms with van der Waals surface area (Å²) in [6.07, 6.45) is 60.7. The molecule has 0 bridgehead atoms. The Balaban J connectivity index is 4.12. The Hall–Kier alpha value is -2.06. The van der Waals surface area contributed by atoms with E-state index in [0.29, 0.717) is 24.1 Å². The molecule has 0 spiro atoms. The van der Waals surface area contributed by atoms with Gasteiger partial charge in [0.15, 0.2) is 0 Å². The number of unbranched alkanes of at least 4 members (excludes halogenated alkanes) is 21. The average Bonchev–Trinajstić information content (AvgIpc) is 3.24. The van der Waals surface area contributed by atoms with Gasteiger partial charge in [-0.3, -0.25) is 9.36 Å². The van der Waals surface area contributed by atoms with Crippen molar-refractivity contribution in [3.05, 3.63) is 72.9 Å². The van der Waals surface area contributed by atoms with E-state index in [0.717, 1.165) is 83.5 Å². The third kappa shape index (κ3) is 50.8. The zero-order valence-corrected chi connectivity index (χ0v) is 42.4. The fourth-order valence-electron chi connectivity index (χ4n) is 6.80. The number of nitrogens with zero attached hydrogens (tertiary/aromatic N) is 1. The summed E-state index contributed by atoms with van der Waals surface area (Å²) in [5, 5.41) is 0. The second-order valence-corrected chi connectivity index (χ2v) is 19.6. The molecule has 0 saturated carbocycles. The molecule has 0 aliphatic heterocycles. The number of carbonyl (C=O) groups is 1. The van der Waals surface area contributed by atoms with Gasteiger partial charge in [-0.2, -0.15) is 0 Å².